The van der Waals surface area contributed by atoms with E-state index in [0.29, 0.717) is 13.0 Å². The van der Waals surface area contributed by atoms with Gasteiger partial charge in [0.25, 0.3) is 0 Å². The zero-order valence-corrected chi connectivity index (χ0v) is 8.95. The van der Waals surface area contributed by atoms with Gasteiger partial charge in [0.2, 0.25) is 5.91 Å². The van der Waals surface area contributed by atoms with Gasteiger partial charge in [-0.15, -0.1) is 0 Å². The summed E-state index contributed by atoms with van der Waals surface area (Å²) in [6.45, 7) is 7.18. The van der Waals surface area contributed by atoms with Gasteiger partial charge in [0.15, 0.2) is 0 Å². The summed E-state index contributed by atoms with van der Waals surface area (Å²) in [5, 5.41) is 0. The minimum atomic E-state index is 0.131. The molecule has 1 amide bonds. The van der Waals surface area contributed by atoms with Gasteiger partial charge < -0.3 is 4.90 Å². The van der Waals surface area contributed by atoms with Crippen LogP contribution in [0.15, 0.2) is 0 Å². The zero-order valence-electron chi connectivity index (χ0n) is 8.95. The standard InChI is InChI=1S/C10H18N2O2/c1-3-10(14)8-11-4-6-12(7-5-11)9(2)13/h3-8H2,1-2H3. The van der Waals surface area contributed by atoms with E-state index in [4.69, 9.17) is 0 Å². The quantitative estimate of drug-likeness (QED) is 0.647. The lowest BCUT2D eigenvalue weighted by Crippen LogP contribution is -2.49. The van der Waals surface area contributed by atoms with Crippen LogP contribution in [0.5, 0.6) is 0 Å². The summed E-state index contributed by atoms with van der Waals surface area (Å²) in [6.07, 6.45) is 0.604. The van der Waals surface area contributed by atoms with Crippen molar-refractivity contribution in [1.82, 2.24) is 9.80 Å². The SMILES string of the molecule is CCC(=O)CN1CCN(C(C)=O)CC1. The first-order valence-electron chi connectivity index (χ1n) is 5.13. The van der Waals surface area contributed by atoms with E-state index in [9.17, 15) is 9.59 Å². The molecule has 0 saturated carbocycles. The molecule has 1 fully saturated rings. The van der Waals surface area contributed by atoms with Crippen molar-refractivity contribution in [3.63, 3.8) is 0 Å². The highest BCUT2D eigenvalue weighted by atomic mass is 16.2. The molecule has 0 aliphatic carbocycles. The molecule has 0 unspecified atom stereocenters. The summed E-state index contributed by atoms with van der Waals surface area (Å²) in [7, 11) is 0. The third-order valence-corrected chi connectivity index (χ3v) is 2.61. The lowest BCUT2D eigenvalue weighted by Gasteiger charge is -2.33. The largest absolute Gasteiger partial charge is 0.340 e. The lowest BCUT2D eigenvalue weighted by molar-refractivity contribution is -0.130. The molecule has 1 aliphatic rings. The van der Waals surface area contributed by atoms with Crippen LogP contribution in [0.25, 0.3) is 0 Å². The number of carbonyl (C=O) groups is 2. The molecule has 4 heteroatoms. The van der Waals surface area contributed by atoms with Crippen LogP contribution in [-0.4, -0.2) is 54.2 Å². The second kappa shape index (κ2) is 5.10. The first kappa shape index (κ1) is 11.2. The van der Waals surface area contributed by atoms with E-state index in [1.165, 1.54) is 0 Å². The Morgan fingerprint density at radius 1 is 1.14 bits per heavy atom. The summed E-state index contributed by atoms with van der Waals surface area (Å²) in [4.78, 5) is 26.1. The van der Waals surface area contributed by atoms with E-state index in [-0.39, 0.29) is 11.7 Å². The fourth-order valence-electron chi connectivity index (χ4n) is 1.58. The van der Waals surface area contributed by atoms with Gasteiger partial charge in [-0.3, -0.25) is 14.5 Å². The Kier molecular flexibility index (Phi) is 4.07. The molecule has 0 aromatic heterocycles. The van der Waals surface area contributed by atoms with E-state index in [0.717, 1.165) is 26.2 Å². The summed E-state index contributed by atoms with van der Waals surface area (Å²) >= 11 is 0. The Balaban J connectivity index is 2.29. The average Bonchev–Trinajstić information content (AvgIpc) is 2.18. The van der Waals surface area contributed by atoms with Gasteiger partial charge in [-0.1, -0.05) is 6.92 Å². The van der Waals surface area contributed by atoms with Crippen molar-refractivity contribution in [1.29, 1.82) is 0 Å². The van der Waals surface area contributed by atoms with Crippen molar-refractivity contribution < 1.29 is 9.59 Å². The number of ketones is 1. The van der Waals surface area contributed by atoms with Crippen LogP contribution in [0, 0.1) is 0 Å². The Labute approximate surface area is 84.9 Å². The van der Waals surface area contributed by atoms with E-state index in [1.807, 2.05) is 11.8 Å². The van der Waals surface area contributed by atoms with Crippen LogP contribution in [0.2, 0.25) is 0 Å². The van der Waals surface area contributed by atoms with Crippen molar-refractivity contribution in [3.8, 4) is 0 Å². The number of rotatable bonds is 3. The number of hydrogen-bond donors (Lipinski definition) is 0. The third kappa shape index (κ3) is 3.10. The molecule has 1 rings (SSSR count). The Hall–Kier alpha value is -0.900. The highest BCUT2D eigenvalue weighted by molar-refractivity contribution is 5.80. The smallest absolute Gasteiger partial charge is 0.219 e. The maximum Gasteiger partial charge on any atom is 0.219 e. The van der Waals surface area contributed by atoms with Crippen LogP contribution >= 0.6 is 0 Å². The monoisotopic (exact) mass is 198 g/mol. The number of piperazine rings is 1. The van der Waals surface area contributed by atoms with Gasteiger partial charge in [-0.05, 0) is 0 Å². The summed E-state index contributed by atoms with van der Waals surface area (Å²) < 4.78 is 0. The molecule has 1 saturated heterocycles. The lowest BCUT2D eigenvalue weighted by atomic mass is 10.2. The molecule has 80 valence electrons. The first-order valence-corrected chi connectivity index (χ1v) is 5.13. The normalized spacial score (nSPS) is 18.3. The number of Topliss-reactive ketones (excluding diaryl/α,β-unsaturated/α-hetero) is 1. The molecule has 0 aromatic rings. The number of carbonyl (C=O) groups excluding carboxylic acids is 2. The summed E-state index contributed by atoms with van der Waals surface area (Å²) in [6, 6.07) is 0. The fraction of sp³-hybridized carbons (Fsp3) is 0.800. The molecular weight excluding hydrogens is 180 g/mol. The molecule has 14 heavy (non-hydrogen) atoms. The zero-order chi connectivity index (χ0) is 10.6. The first-order chi connectivity index (χ1) is 6.63. The summed E-state index contributed by atoms with van der Waals surface area (Å²) in [5.41, 5.74) is 0. The molecule has 0 spiro atoms. The van der Waals surface area contributed by atoms with Crippen molar-refractivity contribution in [2.24, 2.45) is 0 Å². The van der Waals surface area contributed by atoms with Gasteiger partial charge in [0, 0.05) is 39.5 Å². The second-order valence-corrected chi connectivity index (χ2v) is 3.67. The number of nitrogens with zero attached hydrogens (tertiary/aromatic N) is 2. The van der Waals surface area contributed by atoms with Crippen LogP contribution in [0.3, 0.4) is 0 Å². The molecule has 0 N–H and O–H groups in total. The van der Waals surface area contributed by atoms with Crippen LogP contribution in [0.4, 0.5) is 0 Å². The van der Waals surface area contributed by atoms with Crippen LogP contribution < -0.4 is 0 Å². The molecule has 0 atom stereocenters. The van der Waals surface area contributed by atoms with Gasteiger partial charge in [-0.25, -0.2) is 0 Å². The molecule has 4 nitrogen and oxygen atoms in total. The molecule has 1 heterocycles. The van der Waals surface area contributed by atoms with Crippen LogP contribution in [-0.2, 0) is 9.59 Å². The number of hydrogen-bond acceptors (Lipinski definition) is 3. The third-order valence-electron chi connectivity index (χ3n) is 2.61. The second-order valence-electron chi connectivity index (χ2n) is 3.67. The van der Waals surface area contributed by atoms with E-state index in [1.54, 1.807) is 6.92 Å². The van der Waals surface area contributed by atoms with Gasteiger partial charge >= 0.3 is 0 Å². The minimum Gasteiger partial charge on any atom is -0.340 e. The van der Waals surface area contributed by atoms with Gasteiger partial charge in [0.1, 0.15) is 5.78 Å². The Morgan fingerprint density at radius 2 is 1.71 bits per heavy atom. The maximum absolute atomic E-state index is 11.2. The predicted molar refractivity (Wildman–Crippen MR) is 54.0 cm³/mol. The van der Waals surface area contributed by atoms with E-state index < -0.39 is 0 Å². The molecule has 0 aromatic carbocycles. The van der Waals surface area contributed by atoms with Crippen molar-refractivity contribution in [2.75, 3.05) is 32.7 Å². The van der Waals surface area contributed by atoms with Crippen molar-refractivity contribution >= 4 is 11.7 Å². The Bertz CT molecular complexity index is 220. The van der Waals surface area contributed by atoms with Crippen molar-refractivity contribution in [2.45, 2.75) is 20.3 Å². The minimum absolute atomic E-state index is 0.131. The topological polar surface area (TPSA) is 40.6 Å². The van der Waals surface area contributed by atoms with E-state index >= 15 is 0 Å². The molecule has 0 bridgehead atoms. The fourth-order valence-corrected chi connectivity index (χ4v) is 1.58. The average molecular weight is 198 g/mol. The van der Waals surface area contributed by atoms with E-state index in [2.05, 4.69) is 4.90 Å². The molecule has 1 aliphatic heterocycles. The Morgan fingerprint density at radius 3 is 2.14 bits per heavy atom. The highest BCUT2D eigenvalue weighted by Gasteiger charge is 2.19. The molecule has 0 radical (unpaired) electrons. The summed E-state index contributed by atoms with van der Waals surface area (Å²) in [5.74, 6) is 0.410. The highest BCUT2D eigenvalue weighted by Crippen LogP contribution is 2.02. The van der Waals surface area contributed by atoms with Crippen LogP contribution in [0.1, 0.15) is 20.3 Å². The van der Waals surface area contributed by atoms with Crippen molar-refractivity contribution in [3.05, 3.63) is 0 Å². The molecular formula is C10H18N2O2. The van der Waals surface area contributed by atoms with Gasteiger partial charge in [0.05, 0.1) is 6.54 Å². The van der Waals surface area contributed by atoms with Gasteiger partial charge in [-0.2, -0.15) is 0 Å². The number of amides is 1. The maximum atomic E-state index is 11.2. The predicted octanol–water partition coefficient (Wildman–Crippen LogP) is 0.130.